The Balaban J connectivity index is 1.82. The summed E-state index contributed by atoms with van der Waals surface area (Å²) in [5, 5.41) is 16.0. The highest BCUT2D eigenvalue weighted by molar-refractivity contribution is 5.84. The maximum atomic E-state index is 10.6. The van der Waals surface area contributed by atoms with Crippen LogP contribution in [0.2, 0.25) is 0 Å². The summed E-state index contributed by atoms with van der Waals surface area (Å²) in [5.41, 5.74) is 4.99. The molecule has 2 rings (SSSR count). The Labute approximate surface area is 97.0 Å². The fraction of sp³-hybridized carbons (Fsp3) is 0.556. The van der Waals surface area contributed by atoms with Crippen molar-refractivity contribution in [1.82, 2.24) is 19.9 Å². The molecule has 92 valence electrons. The Morgan fingerprint density at radius 3 is 2.76 bits per heavy atom. The Morgan fingerprint density at radius 2 is 2.24 bits per heavy atom. The number of aromatic carboxylic acids is 1. The molecule has 17 heavy (non-hydrogen) atoms. The second-order valence-corrected chi connectivity index (χ2v) is 4.02. The van der Waals surface area contributed by atoms with Gasteiger partial charge in [-0.25, -0.2) is 9.48 Å². The average Bonchev–Trinajstić information content (AvgIpc) is 2.63. The van der Waals surface area contributed by atoms with E-state index in [0.717, 1.165) is 13.1 Å². The number of hydrogen-bond acceptors (Lipinski definition) is 5. The monoisotopic (exact) mass is 239 g/mol. The van der Waals surface area contributed by atoms with E-state index in [1.165, 1.54) is 6.20 Å². The first-order chi connectivity index (χ1) is 8.06. The zero-order valence-electron chi connectivity index (χ0n) is 9.11. The van der Waals surface area contributed by atoms with E-state index in [0.29, 0.717) is 13.0 Å². The molecule has 0 aromatic carbocycles. The molecule has 1 saturated heterocycles. The fourth-order valence-corrected chi connectivity index (χ4v) is 1.71. The van der Waals surface area contributed by atoms with Crippen LogP contribution in [-0.2, 0) is 4.79 Å². The summed E-state index contributed by atoms with van der Waals surface area (Å²) >= 11 is 0. The van der Waals surface area contributed by atoms with Gasteiger partial charge in [0.15, 0.2) is 5.69 Å². The Bertz CT molecular complexity index is 438. The van der Waals surface area contributed by atoms with Gasteiger partial charge in [-0.2, -0.15) is 0 Å². The summed E-state index contributed by atoms with van der Waals surface area (Å²) in [4.78, 5) is 23.2. The number of carboxylic acid groups (broad SMARTS) is 1. The van der Waals surface area contributed by atoms with Crippen LogP contribution in [0.4, 0.5) is 0 Å². The van der Waals surface area contributed by atoms with Gasteiger partial charge in [0.05, 0.1) is 12.2 Å². The molecule has 1 amide bonds. The van der Waals surface area contributed by atoms with Crippen molar-refractivity contribution in [2.45, 2.75) is 12.5 Å². The van der Waals surface area contributed by atoms with Crippen molar-refractivity contribution in [2.24, 2.45) is 5.73 Å². The average molecular weight is 239 g/mol. The quantitative estimate of drug-likeness (QED) is 0.660. The zero-order chi connectivity index (χ0) is 12.4. The zero-order valence-corrected chi connectivity index (χ0v) is 9.11. The molecule has 0 unspecified atom stereocenters. The third-order valence-corrected chi connectivity index (χ3v) is 2.72. The SMILES string of the molecule is NC(=O)CCN1CC(n2cc(C(=O)O)nn2)C1. The maximum Gasteiger partial charge on any atom is 0.358 e. The molecule has 8 heteroatoms. The molecule has 1 aliphatic heterocycles. The highest BCUT2D eigenvalue weighted by atomic mass is 16.4. The molecule has 1 aromatic heterocycles. The molecule has 0 aliphatic carbocycles. The topological polar surface area (TPSA) is 114 Å². The normalized spacial score (nSPS) is 16.7. The summed E-state index contributed by atoms with van der Waals surface area (Å²) < 4.78 is 1.55. The third kappa shape index (κ3) is 2.59. The molecule has 8 nitrogen and oxygen atoms in total. The van der Waals surface area contributed by atoms with Crippen molar-refractivity contribution in [3.05, 3.63) is 11.9 Å². The van der Waals surface area contributed by atoms with E-state index in [1.54, 1.807) is 4.68 Å². The lowest BCUT2D eigenvalue weighted by molar-refractivity contribution is -0.118. The minimum atomic E-state index is -1.08. The first-order valence-corrected chi connectivity index (χ1v) is 5.22. The van der Waals surface area contributed by atoms with Crippen molar-refractivity contribution in [3.63, 3.8) is 0 Å². The van der Waals surface area contributed by atoms with E-state index >= 15 is 0 Å². The van der Waals surface area contributed by atoms with E-state index in [-0.39, 0.29) is 17.6 Å². The smallest absolute Gasteiger partial charge is 0.358 e. The van der Waals surface area contributed by atoms with Gasteiger partial charge in [0, 0.05) is 26.1 Å². The lowest BCUT2D eigenvalue weighted by Crippen LogP contribution is -2.48. The van der Waals surface area contributed by atoms with Crippen LogP contribution >= 0.6 is 0 Å². The highest BCUT2D eigenvalue weighted by Crippen LogP contribution is 2.20. The second kappa shape index (κ2) is 4.50. The second-order valence-electron chi connectivity index (χ2n) is 4.02. The standard InChI is InChI=1S/C9H13N5O3/c10-8(15)1-2-13-3-6(4-13)14-5-7(9(16)17)11-12-14/h5-6H,1-4H2,(H2,10,15)(H,16,17). The van der Waals surface area contributed by atoms with Gasteiger partial charge in [-0.1, -0.05) is 5.21 Å². The van der Waals surface area contributed by atoms with Crippen molar-refractivity contribution in [1.29, 1.82) is 0 Å². The van der Waals surface area contributed by atoms with Gasteiger partial charge in [-0.3, -0.25) is 9.69 Å². The molecule has 0 spiro atoms. The summed E-state index contributed by atoms with van der Waals surface area (Å²) in [7, 11) is 0. The summed E-state index contributed by atoms with van der Waals surface area (Å²) in [5.74, 6) is -1.40. The van der Waals surface area contributed by atoms with E-state index < -0.39 is 5.97 Å². The van der Waals surface area contributed by atoms with E-state index in [2.05, 4.69) is 15.2 Å². The highest BCUT2D eigenvalue weighted by Gasteiger charge is 2.29. The number of carbonyl (C=O) groups is 2. The molecular weight excluding hydrogens is 226 g/mol. The molecule has 0 bridgehead atoms. The van der Waals surface area contributed by atoms with Crippen molar-refractivity contribution in [2.75, 3.05) is 19.6 Å². The van der Waals surface area contributed by atoms with Gasteiger partial charge in [-0.15, -0.1) is 5.10 Å². The first kappa shape index (κ1) is 11.5. The lowest BCUT2D eigenvalue weighted by atomic mass is 10.1. The van der Waals surface area contributed by atoms with E-state index in [4.69, 9.17) is 10.8 Å². The van der Waals surface area contributed by atoms with Crippen molar-refractivity contribution in [3.8, 4) is 0 Å². The molecule has 2 heterocycles. The van der Waals surface area contributed by atoms with Crippen LogP contribution in [0.3, 0.4) is 0 Å². The number of carboxylic acids is 1. The molecule has 0 radical (unpaired) electrons. The number of aromatic nitrogens is 3. The molecule has 1 aromatic rings. The van der Waals surface area contributed by atoms with Crippen LogP contribution < -0.4 is 5.73 Å². The van der Waals surface area contributed by atoms with Crippen LogP contribution in [0.5, 0.6) is 0 Å². The first-order valence-electron chi connectivity index (χ1n) is 5.22. The molecule has 0 saturated carbocycles. The lowest BCUT2D eigenvalue weighted by Gasteiger charge is -2.38. The van der Waals surface area contributed by atoms with Crippen molar-refractivity contribution >= 4 is 11.9 Å². The fourth-order valence-electron chi connectivity index (χ4n) is 1.71. The number of likely N-dealkylation sites (tertiary alicyclic amines) is 1. The van der Waals surface area contributed by atoms with Gasteiger partial charge in [0.1, 0.15) is 0 Å². The largest absolute Gasteiger partial charge is 0.476 e. The minimum Gasteiger partial charge on any atom is -0.476 e. The Kier molecular flexibility index (Phi) is 3.05. The Morgan fingerprint density at radius 1 is 1.53 bits per heavy atom. The maximum absolute atomic E-state index is 10.6. The number of hydrogen-bond donors (Lipinski definition) is 2. The van der Waals surface area contributed by atoms with Gasteiger partial charge in [0.2, 0.25) is 5.91 Å². The third-order valence-electron chi connectivity index (χ3n) is 2.72. The molecular formula is C9H13N5O3. The van der Waals surface area contributed by atoms with Crippen molar-refractivity contribution < 1.29 is 14.7 Å². The number of rotatable bonds is 5. The van der Waals surface area contributed by atoms with Crippen LogP contribution in [-0.4, -0.2) is 56.5 Å². The summed E-state index contributed by atoms with van der Waals surface area (Å²) in [6.45, 7) is 2.09. The van der Waals surface area contributed by atoms with Crippen LogP contribution in [0.15, 0.2) is 6.20 Å². The van der Waals surface area contributed by atoms with Gasteiger partial charge in [0.25, 0.3) is 0 Å². The number of nitrogens with zero attached hydrogens (tertiary/aromatic N) is 4. The number of nitrogens with two attached hydrogens (primary N) is 1. The molecule has 0 atom stereocenters. The van der Waals surface area contributed by atoms with Gasteiger partial charge in [-0.05, 0) is 0 Å². The summed E-state index contributed by atoms with van der Waals surface area (Å²) in [6.07, 6.45) is 1.75. The predicted molar refractivity (Wildman–Crippen MR) is 56.3 cm³/mol. The van der Waals surface area contributed by atoms with Crippen LogP contribution in [0, 0.1) is 0 Å². The summed E-state index contributed by atoms with van der Waals surface area (Å²) in [6, 6.07) is 0.128. The molecule has 1 aliphatic rings. The number of carbonyl (C=O) groups excluding carboxylic acids is 1. The van der Waals surface area contributed by atoms with Crippen LogP contribution in [0.1, 0.15) is 23.0 Å². The molecule has 3 N–H and O–H groups in total. The Hall–Kier alpha value is -1.96. The number of amides is 1. The minimum absolute atomic E-state index is 0.0550. The van der Waals surface area contributed by atoms with Gasteiger partial charge >= 0.3 is 5.97 Å². The number of primary amides is 1. The van der Waals surface area contributed by atoms with E-state index in [1.807, 2.05) is 0 Å². The van der Waals surface area contributed by atoms with Crippen LogP contribution in [0.25, 0.3) is 0 Å². The predicted octanol–water partition coefficient (Wildman–Crippen LogP) is -1.29. The van der Waals surface area contributed by atoms with Gasteiger partial charge < -0.3 is 10.8 Å². The molecule has 1 fully saturated rings. The van der Waals surface area contributed by atoms with E-state index in [9.17, 15) is 9.59 Å².